The van der Waals surface area contributed by atoms with Crippen molar-refractivity contribution in [2.45, 2.75) is 19.5 Å². The Kier molecular flexibility index (Phi) is 5.31. The first-order chi connectivity index (χ1) is 10.2. The average molecular weight is 285 g/mol. The lowest BCUT2D eigenvalue weighted by Gasteiger charge is -2.28. The molecule has 1 unspecified atom stereocenters. The summed E-state index contributed by atoms with van der Waals surface area (Å²) in [6.45, 7) is 3.50. The number of methoxy groups -OCH3 is 1. The molecule has 1 aromatic carbocycles. The number of likely N-dealkylation sites (N-methyl/N-ethyl adjacent to an activating group) is 1. The van der Waals surface area contributed by atoms with Gasteiger partial charge in [-0.25, -0.2) is 0 Å². The Morgan fingerprint density at radius 1 is 1.24 bits per heavy atom. The van der Waals surface area contributed by atoms with Crippen LogP contribution in [0.3, 0.4) is 0 Å². The summed E-state index contributed by atoms with van der Waals surface area (Å²) in [5, 5.41) is 0. The van der Waals surface area contributed by atoms with Crippen molar-refractivity contribution >= 4 is 0 Å². The number of aromatic nitrogens is 1. The predicted molar refractivity (Wildman–Crippen MR) is 85.2 cm³/mol. The highest BCUT2D eigenvalue weighted by molar-refractivity contribution is 5.28. The van der Waals surface area contributed by atoms with E-state index in [1.165, 1.54) is 16.7 Å². The van der Waals surface area contributed by atoms with Crippen LogP contribution in [0.5, 0.6) is 5.75 Å². The normalized spacial score (nSPS) is 12.4. The first-order valence-corrected chi connectivity index (χ1v) is 7.09. The average Bonchev–Trinajstić information content (AvgIpc) is 2.50. The molecule has 0 fully saturated rings. The number of pyridine rings is 1. The third-order valence-corrected chi connectivity index (χ3v) is 3.78. The predicted octanol–water partition coefficient (Wildman–Crippen LogP) is 2.53. The molecule has 21 heavy (non-hydrogen) atoms. The van der Waals surface area contributed by atoms with Crippen LogP contribution in [0.15, 0.2) is 42.7 Å². The molecule has 0 radical (unpaired) electrons. The van der Waals surface area contributed by atoms with Crippen LogP contribution in [0.2, 0.25) is 0 Å². The zero-order valence-corrected chi connectivity index (χ0v) is 12.9. The van der Waals surface area contributed by atoms with E-state index in [-0.39, 0.29) is 6.04 Å². The molecule has 2 rings (SSSR count). The van der Waals surface area contributed by atoms with Gasteiger partial charge in [0.25, 0.3) is 0 Å². The Morgan fingerprint density at radius 2 is 1.95 bits per heavy atom. The Morgan fingerprint density at radius 3 is 2.52 bits per heavy atom. The van der Waals surface area contributed by atoms with E-state index in [4.69, 9.17) is 10.5 Å². The van der Waals surface area contributed by atoms with Gasteiger partial charge in [0.15, 0.2) is 0 Å². The van der Waals surface area contributed by atoms with Crippen molar-refractivity contribution in [3.8, 4) is 5.75 Å². The van der Waals surface area contributed by atoms with Gasteiger partial charge in [-0.05, 0) is 48.9 Å². The maximum Gasteiger partial charge on any atom is 0.118 e. The molecule has 0 aliphatic heterocycles. The van der Waals surface area contributed by atoms with Crippen LogP contribution < -0.4 is 10.5 Å². The zero-order valence-electron chi connectivity index (χ0n) is 12.9. The van der Waals surface area contributed by atoms with Crippen molar-refractivity contribution in [1.82, 2.24) is 9.88 Å². The molecule has 2 aromatic rings. The number of rotatable bonds is 6. The maximum absolute atomic E-state index is 5.98. The van der Waals surface area contributed by atoms with Gasteiger partial charge in [0.1, 0.15) is 5.75 Å². The summed E-state index contributed by atoms with van der Waals surface area (Å²) in [4.78, 5) is 6.48. The fourth-order valence-corrected chi connectivity index (χ4v) is 2.50. The second kappa shape index (κ2) is 7.20. The van der Waals surface area contributed by atoms with Gasteiger partial charge in [-0.15, -0.1) is 0 Å². The molecule has 0 aliphatic carbocycles. The van der Waals surface area contributed by atoms with Crippen LogP contribution in [0.4, 0.5) is 0 Å². The molecule has 0 saturated heterocycles. The number of nitrogens with two attached hydrogens (primary N) is 1. The molecule has 0 aliphatic rings. The smallest absolute Gasteiger partial charge is 0.118 e. The minimum Gasteiger partial charge on any atom is -0.497 e. The molecule has 1 aromatic heterocycles. The summed E-state index contributed by atoms with van der Waals surface area (Å²) < 4.78 is 5.19. The quantitative estimate of drug-likeness (QED) is 0.886. The summed E-state index contributed by atoms with van der Waals surface area (Å²) in [5.41, 5.74) is 9.63. The van der Waals surface area contributed by atoms with Crippen LogP contribution in [0, 0.1) is 6.92 Å². The summed E-state index contributed by atoms with van der Waals surface area (Å²) in [7, 11) is 3.77. The van der Waals surface area contributed by atoms with Gasteiger partial charge in [0.2, 0.25) is 0 Å². The zero-order chi connectivity index (χ0) is 15.2. The first kappa shape index (κ1) is 15.5. The highest BCUT2D eigenvalue weighted by Gasteiger charge is 2.17. The summed E-state index contributed by atoms with van der Waals surface area (Å²) >= 11 is 0. The fraction of sp³-hybridized carbons (Fsp3) is 0.353. The topological polar surface area (TPSA) is 51.4 Å². The number of nitrogens with zero attached hydrogens (tertiary/aromatic N) is 2. The molecule has 1 heterocycles. The van der Waals surface area contributed by atoms with Crippen LogP contribution in [-0.4, -0.2) is 30.6 Å². The Balaban J connectivity index is 2.13. The van der Waals surface area contributed by atoms with E-state index in [9.17, 15) is 0 Å². The molecular formula is C17H23N3O. The van der Waals surface area contributed by atoms with Crippen LogP contribution in [-0.2, 0) is 6.54 Å². The minimum atomic E-state index is 0.167. The van der Waals surface area contributed by atoms with E-state index in [2.05, 4.69) is 36.0 Å². The lowest BCUT2D eigenvalue weighted by Crippen LogP contribution is -2.30. The SMILES string of the molecule is COc1ccc(CN(C)C(CN)c2cnccc2C)cc1. The van der Waals surface area contributed by atoms with Crippen molar-refractivity contribution in [2.24, 2.45) is 5.73 Å². The van der Waals surface area contributed by atoms with Crippen molar-refractivity contribution in [1.29, 1.82) is 0 Å². The maximum atomic E-state index is 5.98. The molecule has 0 spiro atoms. The highest BCUT2D eigenvalue weighted by atomic mass is 16.5. The van der Waals surface area contributed by atoms with Gasteiger partial charge in [0.05, 0.1) is 7.11 Å². The second-order valence-electron chi connectivity index (χ2n) is 5.25. The first-order valence-electron chi connectivity index (χ1n) is 7.09. The van der Waals surface area contributed by atoms with Gasteiger partial charge in [-0.2, -0.15) is 0 Å². The lowest BCUT2D eigenvalue weighted by molar-refractivity contribution is 0.240. The molecule has 4 nitrogen and oxygen atoms in total. The van der Waals surface area contributed by atoms with Crippen LogP contribution >= 0.6 is 0 Å². The third-order valence-electron chi connectivity index (χ3n) is 3.78. The van der Waals surface area contributed by atoms with Crippen molar-refractivity contribution < 1.29 is 4.74 Å². The Hall–Kier alpha value is -1.91. The van der Waals surface area contributed by atoms with Crippen molar-refractivity contribution in [3.63, 3.8) is 0 Å². The molecule has 0 saturated carbocycles. The Labute approximate surface area is 126 Å². The molecule has 112 valence electrons. The molecule has 0 bridgehead atoms. The Bertz CT molecular complexity index is 569. The number of benzene rings is 1. The van der Waals surface area contributed by atoms with E-state index in [0.29, 0.717) is 6.54 Å². The van der Waals surface area contributed by atoms with Gasteiger partial charge < -0.3 is 10.5 Å². The fourth-order valence-electron chi connectivity index (χ4n) is 2.50. The van der Waals surface area contributed by atoms with E-state index in [0.717, 1.165) is 12.3 Å². The summed E-state index contributed by atoms with van der Waals surface area (Å²) in [5.74, 6) is 0.875. The van der Waals surface area contributed by atoms with Crippen molar-refractivity contribution in [3.05, 3.63) is 59.4 Å². The van der Waals surface area contributed by atoms with E-state index >= 15 is 0 Å². The highest BCUT2D eigenvalue weighted by Crippen LogP contribution is 2.23. The number of hydrogen-bond acceptors (Lipinski definition) is 4. The van der Waals surface area contributed by atoms with Crippen LogP contribution in [0.25, 0.3) is 0 Å². The lowest BCUT2D eigenvalue weighted by atomic mass is 10.0. The largest absolute Gasteiger partial charge is 0.497 e. The van der Waals surface area contributed by atoms with E-state index in [1.807, 2.05) is 30.6 Å². The second-order valence-corrected chi connectivity index (χ2v) is 5.25. The molecule has 1 atom stereocenters. The standard InChI is InChI=1S/C17H23N3O/c1-13-8-9-19-11-16(13)17(10-18)20(2)12-14-4-6-15(21-3)7-5-14/h4-9,11,17H,10,12,18H2,1-3H3. The summed E-state index contributed by atoms with van der Waals surface area (Å²) in [6, 6.07) is 10.3. The van der Waals surface area contributed by atoms with E-state index in [1.54, 1.807) is 7.11 Å². The molecule has 2 N–H and O–H groups in total. The minimum absolute atomic E-state index is 0.167. The molecule has 0 amide bonds. The molecule has 4 heteroatoms. The molecular weight excluding hydrogens is 262 g/mol. The van der Waals surface area contributed by atoms with Crippen LogP contribution in [0.1, 0.15) is 22.7 Å². The van der Waals surface area contributed by atoms with Gasteiger partial charge in [-0.1, -0.05) is 12.1 Å². The van der Waals surface area contributed by atoms with E-state index < -0.39 is 0 Å². The van der Waals surface area contributed by atoms with Gasteiger partial charge in [0, 0.05) is 31.5 Å². The third kappa shape index (κ3) is 3.80. The number of aryl methyl sites for hydroxylation is 1. The summed E-state index contributed by atoms with van der Waals surface area (Å²) in [6.07, 6.45) is 3.73. The monoisotopic (exact) mass is 285 g/mol. The number of ether oxygens (including phenoxy) is 1. The van der Waals surface area contributed by atoms with Crippen molar-refractivity contribution in [2.75, 3.05) is 20.7 Å². The van der Waals surface area contributed by atoms with Gasteiger partial charge in [-0.3, -0.25) is 9.88 Å². The van der Waals surface area contributed by atoms with Gasteiger partial charge >= 0.3 is 0 Å². The number of hydrogen-bond donors (Lipinski definition) is 1.